The van der Waals surface area contributed by atoms with Gasteiger partial charge in [0.05, 0.1) is 43.4 Å². The molecule has 3 aromatic rings. The number of hydrogen-bond acceptors (Lipinski definition) is 6. The van der Waals surface area contributed by atoms with Gasteiger partial charge in [-0.05, 0) is 42.7 Å². The number of para-hydroxylation sites is 1. The molecule has 0 radical (unpaired) electrons. The van der Waals surface area contributed by atoms with Crippen LogP contribution >= 0.6 is 11.6 Å². The van der Waals surface area contributed by atoms with E-state index in [-0.39, 0.29) is 16.6 Å². The number of carbonyl (C=O) groups excluding carboxylic acids is 1. The molecule has 0 bridgehead atoms. The van der Waals surface area contributed by atoms with Crippen molar-refractivity contribution in [2.24, 2.45) is 0 Å². The Morgan fingerprint density at radius 2 is 1.84 bits per heavy atom. The highest BCUT2D eigenvalue weighted by Gasteiger charge is 2.29. The van der Waals surface area contributed by atoms with Gasteiger partial charge >= 0.3 is 5.97 Å². The molecular weight excluding hydrogens is 418 g/mol. The normalized spacial score (nSPS) is 15.7. The van der Waals surface area contributed by atoms with E-state index in [2.05, 4.69) is 10.00 Å². The maximum Gasteiger partial charge on any atom is 0.340 e. The van der Waals surface area contributed by atoms with Crippen molar-refractivity contribution in [2.75, 3.05) is 25.7 Å². The zero-order valence-corrected chi connectivity index (χ0v) is 18.0. The predicted molar refractivity (Wildman–Crippen MR) is 118 cm³/mol. The molecule has 4 rings (SSSR count). The molecule has 2 aromatic carbocycles. The van der Waals surface area contributed by atoms with E-state index in [4.69, 9.17) is 21.1 Å². The van der Waals surface area contributed by atoms with E-state index in [1.807, 2.05) is 24.3 Å². The second-order valence-electron chi connectivity index (χ2n) is 7.19. The van der Waals surface area contributed by atoms with E-state index in [1.54, 1.807) is 37.6 Å². The smallest absolute Gasteiger partial charge is 0.340 e. The van der Waals surface area contributed by atoms with E-state index >= 15 is 0 Å². The number of hydrogen-bond donors (Lipinski definition) is 0. The van der Waals surface area contributed by atoms with Crippen LogP contribution in [0.5, 0.6) is 5.75 Å². The summed E-state index contributed by atoms with van der Waals surface area (Å²) >= 11 is 6.54. The number of anilines is 1. The summed E-state index contributed by atoms with van der Waals surface area (Å²) < 4.78 is 11.2. The summed E-state index contributed by atoms with van der Waals surface area (Å²) in [5, 5.41) is 4.40. The minimum atomic E-state index is -0.552. The minimum Gasteiger partial charge on any atom is -0.497 e. The lowest BCUT2D eigenvalue weighted by Crippen LogP contribution is -2.29. The van der Waals surface area contributed by atoms with Crippen molar-refractivity contribution >= 4 is 23.3 Å². The van der Waals surface area contributed by atoms with Crippen molar-refractivity contribution < 1.29 is 14.3 Å². The second kappa shape index (κ2) is 8.81. The molecule has 1 atom stereocenters. The van der Waals surface area contributed by atoms with Crippen LogP contribution in [0.15, 0.2) is 59.5 Å². The average molecular weight is 440 g/mol. The number of esters is 1. The molecule has 1 aromatic heterocycles. The van der Waals surface area contributed by atoms with Crippen LogP contribution in [0.3, 0.4) is 0 Å². The number of aromatic nitrogens is 2. The highest BCUT2D eigenvalue weighted by molar-refractivity contribution is 6.33. The summed E-state index contributed by atoms with van der Waals surface area (Å²) in [5.74, 6) is 0.239. The van der Waals surface area contributed by atoms with Crippen molar-refractivity contribution in [3.8, 4) is 11.4 Å². The van der Waals surface area contributed by atoms with E-state index in [9.17, 15) is 9.59 Å². The molecule has 1 unspecified atom stereocenters. The van der Waals surface area contributed by atoms with Gasteiger partial charge in [-0.2, -0.15) is 9.78 Å². The van der Waals surface area contributed by atoms with Crippen molar-refractivity contribution in [2.45, 2.75) is 18.9 Å². The zero-order valence-electron chi connectivity index (χ0n) is 17.2. The highest BCUT2D eigenvalue weighted by Crippen LogP contribution is 2.38. The first-order valence-corrected chi connectivity index (χ1v) is 10.3. The summed E-state index contributed by atoms with van der Waals surface area (Å²) in [4.78, 5) is 27.3. The molecule has 8 heteroatoms. The maximum atomic E-state index is 13.1. The van der Waals surface area contributed by atoms with Crippen LogP contribution in [0, 0.1) is 0 Å². The quantitative estimate of drug-likeness (QED) is 0.559. The third-order valence-electron chi connectivity index (χ3n) is 5.50. The Kier molecular flexibility index (Phi) is 5.95. The number of benzene rings is 2. The fourth-order valence-corrected chi connectivity index (χ4v) is 4.20. The van der Waals surface area contributed by atoms with Gasteiger partial charge in [0, 0.05) is 6.54 Å². The Balaban J connectivity index is 1.72. The van der Waals surface area contributed by atoms with E-state index in [0.717, 1.165) is 35.4 Å². The fourth-order valence-electron chi connectivity index (χ4n) is 3.96. The first-order chi connectivity index (χ1) is 15.0. The van der Waals surface area contributed by atoms with Crippen LogP contribution in [0.1, 0.15) is 34.8 Å². The molecular formula is C23H22ClN3O4. The first-order valence-electron chi connectivity index (χ1n) is 9.91. The van der Waals surface area contributed by atoms with Crippen molar-refractivity contribution in [3.63, 3.8) is 0 Å². The molecule has 1 fully saturated rings. The molecule has 0 amide bonds. The molecule has 31 heavy (non-hydrogen) atoms. The largest absolute Gasteiger partial charge is 0.497 e. The lowest BCUT2D eigenvalue weighted by molar-refractivity contribution is 0.0600. The standard InChI is InChI=1S/C23H22ClN3O4/c1-30-16-11-9-15(10-12-16)18-8-5-13-26(18)20-14-25-27(22(28)21(20)24)19-7-4-3-6-17(19)23(29)31-2/h3-4,6-7,9-12,14,18H,5,8,13H2,1-2H3. The monoisotopic (exact) mass is 439 g/mol. The molecule has 0 aliphatic carbocycles. The van der Waals surface area contributed by atoms with Crippen LogP contribution in [0.2, 0.25) is 5.02 Å². The van der Waals surface area contributed by atoms with Crippen LogP contribution in [0.25, 0.3) is 5.69 Å². The number of ether oxygens (including phenoxy) is 2. The van der Waals surface area contributed by atoms with Gasteiger partial charge in [-0.3, -0.25) is 4.79 Å². The average Bonchev–Trinajstić information content (AvgIpc) is 3.30. The van der Waals surface area contributed by atoms with E-state index in [0.29, 0.717) is 11.4 Å². The SMILES string of the molecule is COC(=O)c1ccccc1-n1ncc(N2CCCC2c2ccc(OC)cc2)c(Cl)c1=O. The first kappa shape index (κ1) is 20.9. The van der Waals surface area contributed by atoms with Gasteiger partial charge in [-0.15, -0.1) is 0 Å². The molecule has 1 aliphatic rings. The summed E-state index contributed by atoms with van der Waals surface area (Å²) in [7, 11) is 2.92. The van der Waals surface area contributed by atoms with Gasteiger partial charge in [-0.1, -0.05) is 35.9 Å². The molecule has 160 valence electrons. The minimum absolute atomic E-state index is 0.0649. The van der Waals surface area contributed by atoms with Gasteiger partial charge < -0.3 is 14.4 Å². The number of methoxy groups -OCH3 is 2. The number of nitrogens with zero attached hydrogens (tertiary/aromatic N) is 3. The molecule has 7 nitrogen and oxygen atoms in total. The number of carbonyl (C=O) groups is 1. The van der Waals surface area contributed by atoms with Gasteiger partial charge in [-0.25, -0.2) is 4.79 Å². The van der Waals surface area contributed by atoms with Crippen molar-refractivity contribution in [1.82, 2.24) is 9.78 Å². The lowest BCUT2D eigenvalue weighted by Gasteiger charge is -2.28. The Labute approximate surface area is 184 Å². The van der Waals surface area contributed by atoms with Crippen LogP contribution in [0.4, 0.5) is 5.69 Å². The Morgan fingerprint density at radius 3 is 2.55 bits per heavy atom. The summed E-state index contributed by atoms with van der Waals surface area (Å²) in [6, 6.07) is 14.6. The zero-order chi connectivity index (χ0) is 22.0. The van der Waals surface area contributed by atoms with Crippen molar-refractivity contribution in [3.05, 3.63) is 81.2 Å². The number of halogens is 1. The number of rotatable bonds is 5. The van der Waals surface area contributed by atoms with Crippen LogP contribution < -0.4 is 15.2 Å². The van der Waals surface area contributed by atoms with E-state index < -0.39 is 11.5 Å². The van der Waals surface area contributed by atoms with Gasteiger partial charge in [0.25, 0.3) is 5.56 Å². The Hall–Kier alpha value is -3.32. The second-order valence-corrected chi connectivity index (χ2v) is 7.57. The van der Waals surface area contributed by atoms with E-state index in [1.165, 1.54) is 7.11 Å². The topological polar surface area (TPSA) is 73.7 Å². The lowest BCUT2D eigenvalue weighted by atomic mass is 10.0. The molecule has 0 spiro atoms. The fraction of sp³-hybridized carbons (Fsp3) is 0.261. The Bertz CT molecular complexity index is 1160. The molecule has 2 heterocycles. The van der Waals surface area contributed by atoms with Gasteiger partial charge in [0.1, 0.15) is 10.8 Å². The summed E-state index contributed by atoms with van der Waals surface area (Å²) in [5.41, 5.74) is 1.77. The third kappa shape index (κ3) is 3.88. The summed E-state index contributed by atoms with van der Waals surface area (Å²) in [6.45, 7) is 0.764. The molecule has 1 saturated heterocycles. The predicted octanol–water partition coefficient (Wildman–Crippen LogP) is 4.02. The molecule has 1 aliphatic heterocycles. The van der Waals surface area contributed by atoms with Crippen LogP contribution in [-0.4, -0.2) is 36.5 Å². The highest BCUT2D eigenvalue weighted by atomic mass is 35.5. The van der Waals surface area contributed by atoms with Crippen molar-refractivity contribution in [1.29, 1.82) is 0 Å². The maximum absolute atomic E-state index is 13.1. The molecule has 0 N–H and O–H groups in total. The Morgan fingerprint density at radius 1 is 1.10 bits per heavy atom. The molecule has 0 saturated carbocycles. The summed E-state index contributed by atoms with van der Waals surface area (Å²) in [6.07, 6.45) is 3.50. The van der Waals surface area contributed by atoms with Gasteiger partial charge in [0.15, 0.2) is 0 Å². The third-order valence-corrected chi connectivity index (χ3v) is 5.86. The van der Waals surface area contributed by atoms with Gasteiger partial charge in [0.2, 0.25) is 0 Å². The van der Waals surface area contributed by atoms with Crippen LogP contribution in [-0.2, 0) is 4.74 Å².